The number of aromatic nitrogens is 1. The van der Waals surface area contributed by atoms with Crippen LogP contribution < -0.4 is 0 Å². The Labute approximate surface area is 188 Å². The van der Waals surface area contributed by atoms with E-state index in [2.05, 4.69) is 32.7 Å². The number of para-hydroxylation sites is 1. The van der Waals surface area contributed by atoms with Crippen molar-refractivity contribution in [2.45, 2.75) is 52.0 Å². The van der Waals surface area contributed by atoms with Gasteiger partial charge in [0.1, 0.15) is 5.76 Å². The van der Waals surface area contributed by atoms with Crippen molar-refractivity contribution in [3.8, 4) is 0 Å². The first kappa shape index (κ1) is 21.9. The molecule has 1 saturated heterocycles. The van der Waals surface area contributed by atoms with Gasteiger partial charge in [-0.25, -0.2) is 0 Å². The number of carbonyl (C=O) groups is 2. The summed E-state index contributed by atoms with van der Waals surface area (Å²) in [5.74, 6) is -1.32. The van der Waals surface area contributed by atoms with Crippen LogP contribution in [0.25, 0.3) is 16.7 Å². The highest BCUT2D eigenvalue weighted by atomic mass is 16.3. The van der Waals surface area contributed by atoms with E-state index in [9.17, 15) is 14.7 Å². The molecule has 1 aromatic heterocycles. The van der Waals surface area contributed by atoms with Crippen molar-refractivity contribution in [1.82, 2.24) is 9.88 Å². The number of aliphatic hydroxyl groups excluding tert-OH is 1. The van der Waals surface area contributed by atoms with Gasteiger partial charge in [0.05, 0.1) is 11.6 Å². The molecule has 1 unspecified atom stereocenters. The number of benzene rings is 2. The predicted molar refractivity (Wildman–Crippen MR) is 127 cm³/mol. The van der Waals surface area contributed by atoms with Gasteiger partial charge in [-0.15, -0.1) is 0 Å². The Kier molecular flexibility index (Phi) is 5.68. The van der Waals surface area contributed by atoms with E-state index in [1.807, 2.05) is 48.5 Å². The van der Waals surface area contributed by atoms with E-state index in [0.29, 0.717) is 12.1 Å². The lowest BCUT2D eigenvalue weighted by atomic mass is 9.85. The molecule has 1 amide bonds. The molecule has 0 aliphatic carbocycles. The molecule has 2 aromatic carbocycles. The minimum atomic E-state index is -0.631. The maximum atomic E-state index is 13.1. The van der Waals surface area contributed by atoms with Crippen LogP contribution in [-0.4, -0.2) is 33.2 Å². The molecule has 1 atom stereocenters. The minimum Gasteiger partial charge on any atom is -0.507 e. The van der Waals surface area contributed by atoms with Gasteiger partial charge in [0.2, 0.25) is 0 Å². The Morgan fingerprint density at radius 3 is 2.41 bits per heavy atom. The summed E-state index contributed by atoms with van der Waals surface area (Å²) in [6, 6.07) is 15.0. The molecule has 0 radical (unpaired) electrons. The van der Waals surface area contributed by atoms with Gasteiger partial charge in [-0.2, -0.15) is 0 Å². The van der Waals surface area contributed by atoms with Crippen molar-refractivity contribution < 1.29 is 14.7 Å². The van der Waals surface area contributed by atoms with Crippen molar-refractivity contribution in [3.05, 3.63) is 77.0 Å². The highest BCUT2D eigenvalue weighted by molar-refractivity contribution is 6.46. The first-order valence-corrected chi connectivity index (χ1v) is 11.2. The lowest BCUT2D eigenvalue weighted by Gasteiger charge is -2.26. The third-order valence-corrected chi connectivity index (χ3v) is 6.23. The zero-order valence-corrected chi connectivity index (χ0v) is 19.1. The van der Waals surface area contributed by atoms with E-state index in [1.165, 1.54) is 5.56 Å². The average Bonchev–Trinajstić information content (AvgIpc) is 3.31. The number of aliphatic hydroxyl groups is 1. The number of hydrogen-bond acceptors (Lipinski definition) is 3. The predicted octanol–water partition coefficient (Wildman–Crippen LogP) is 5.69. The van der Waals surface area contributed by atoms with Gasteiger partial charge in [0.25, 0.3) is 11.7 Å². The second-order valence-electron chi connectivity index (χ2n) is 9.47. The molecule has 166 valence electrons. The van der Waals surface area contributed by atoms with Crippen LogP contribution in [0.5, 0.6) is 0 Å². The van der Waals surface area contributed by atoms with Crippen LogP contribution in [0.4, 0.5) is 0 Å². The smallest absolute Gasteiger partial charge is 0.295 e. The Hall–Kier alpha value is -3.34. The molecule has 1 aliphatic rings. The third kappa shape index (κ3) is 3.72. The van der Waals surface area contributed by atoms with Crippen LogP contribution in [0.2, 0.25) is 0 Å². The van der Waals surface area contributed by atoms with Crippen LogP contribution >= 0.6 is 0 Å². The second kappa shape index (κ2) is 8.30. The van der Waals surface area contributed by atoms with E-state index in [-0.39, 0.29) is 16.7 Å². The van der Waals surface area contributed by atoms with E-state index < -0.39 is 17.7 Å². The fraction of sp³-hybridized carbons (Fsp3) is 0.333. The molecule has 0 bridgehead atoms. The standard InChI is InChI=1S/C27H30N2O3/c1-5-6-15-29-23(17-11-13-18(14-12-17)27(2,3)4)22(25(31)26(29)32)24(30)20-16-28-21-10-8-7-9-19(20)21/h7-14,16,23,28,30H,5-6,15H2,1-4H3/b24-22-. The van der Waals surface area contributed by atoms with Gasteiger partial charge in [-0.05, 0) is 29.0 Å². The molecule has 1 fully saturated rings. The first-order chi connectivity index (χ1) is 15.2. The summed E-state index contributed by atoms with van der Waals surface area (Å²) in [4.78, 5) is 30.9. The number of likely N-dealkylation sites (tertiary alicyclic amines) is 1. The first-order valence-electron chi connectivity index (χ1n) is 11.2. The molecule has 0 saturated carbocycles. The quantitative estimate of drug-likeness (QED) is 0.310. The number of Topliss-reactive ketones (excluding diaryl/α,β-unsaturated/α-hetero) is 1. The molecule has 2 N–H and O–H groups in total. The van der Waals surface area contributed by atoms with Crippen molar-refractivity contribution in [2.24, 2.45) is 0 Å². The normalized spacial score (nSPS) is 18.6. The number of H-pyrrole nitrogens is 1. The van der Waals surface area contributed by atoms with Crippen LogP contribution in [-0.2, 0) is 15.0 Å². The molecule has 0 spiro atoms. The summed E-state index contributed by atoms with van der Waals surface area (Å²) in [6.45, 7) is 8.96. The summed E-state index contributed by atoms with van der Waals surface area (Å²) >= 11 is 0. The average molecular weight is 431 g/mol. The van der Waals surface area contributed by atoms with E-state index in [0.717, 1.165) is 29.3 Å². The zero-order valence-electron chi connectivity index (χ0n) is 19.1. The molecule has 3 aromatic rings. The van der Waals surface area contributed by atoms with E-state index >= 15 is 0 Å². The van der Waals surface area contributed by atoms with Gasteiger partial charge >= 0.3 is 0 Å². The number of hydrogen-bond donors (Lipinski definition) is 2. The molecule has 4 rings (SSSR count). The number of carbonyl (C=O) groups excluding carboxylic acids is 2. The summed E-state index contributed by atoms with van der Waals surface area (Å²) < 4.78 is 0. The molecule has 32 heavy (non-hydrogen) atoms. The lowest BCUT2D eigenvalue weighted by Crippen LogP contribution is -2.30. The number of nitrogens with zero attached hydrogens (tertiary/aromatic N) is 1. The molecule has 5 nitrogen and oxygen atoms in total. The van der Waals surface area contributed by atoms with Crippen LogP contribution in [0.1, 0.15) is 63.3 Å². The highest BCUT2D eigenvalue weighted by Gasteiger charge is 2.46. The molecule has 2 heterocycles. The minimum absolute atomic E-state index is 0.00735. The van der Waals surface area contributed by atoms with Crippen molar-refractivity contribution in [1.29, 1.82) is 0 Å². The Morgan fingerprint density at radius 2 is 1.75 bits per heavy atom. The number of nitrogens with one attached hydrogen (secondary N) is 1. The number of fused-ring (bicyclic) bond motifs is 1. The SMILES string of the molecule is CCCCN1C(=O)C(=O)/C(=C(\O)c2c[nH]c3ccccc23)C1c1ccc(C(C)(C)C)cc1. The fourth-order valence-electron chi connectivity index (χ4n) is 4.36. The van der Waals surface area contributed by atoms with Crippen molar-refractivity contribution in [3.63, 3.8) is 0 Å². The van der Waals surface area contributed by atoms with E-state index in [1.54, 1.807) is 11.1 Å². The second-order valence-corrected chi connectivity index (χ2v) is 9.47. The number of ketones is 1. The maximum absolute atomic E-state index is 13.1. The molecule has 1 aliphatic heterocycles. The van der Waals surface area contributed by atoms with Gasteiger partial charge in [0, 0.05) is 29.2 Å². The number of aromatic amines is 1. The monoisotopic (exact) mass is 430 g/mol. The molecular weight excluding hydrogens is 400 g/mol. The largest absolute Gasteiger partial charge is 0.507 e. The third-order valence-electron chi connectivity index (χ3n) is 6.23. The Bertz CT molecular complexity index is 1200. The summed E-state index contributed by atoms with van der Waals surface area (Å²) in [7, 11) is 0. The zero-order chi connectivity index (χ0) is 23.0. The fourth-order valence-corrected chi connectivity index (χ4v) is 4.36. The number of rotatable bonds is 5. The van der Waals surface area contributed by atoms with Crippen molar-refractivity contribution >= 4 is 28.4 Å². The van der Waals surface area contributed by atoms with Gasteiger partial charge < -0.3 is 15.0 Å². The van der Waals surface area contributed by atoms with Gasteiger partial charge in [-0.3, -0.25) is 9.59 Å². The topological polar surface area (TPSA) is 73.4 Å². The highest BCUT2D eigenvalue weighted by Crippen LogP contribution is 2.41. The summed E-state index contributed by atoms with van der Waals surface area (Å²) in [5.41, 5.74) is 3.54. The Balaban J connectivity index is 1.87. The van der Waals surface area contributed by atoms with Crippen molar-refractivity contribution in [2.75, 3.05) is 6.54 Å². The molecule has 5 heteroatoms. The van der Waals surface area contributed by atoms with Crippen LogP contribution in [0.15, 0.2) is 60.3 Å². The van der Waals surface area contributed by atoms with Crippen LogP contribution in [0, 0.1) is 0 Å². The maximum Gasteiger partial charge on any atom is 0.295 e. The molecular formula is C27H30N2O3. The number of amides is 1. The number of unbranched alkanes of at least 4 members (excludes halogenated alkanes) is 1. The summed E-state index contributed by atoms with van der Waals surface area (Å²) in [6.07, 6.45) is 3.39. The summed E-state index contributed by atoms with van der Waals surface area (Å²) in [5, 5.41) is 12.1. The van der Waals surface area contributed by atoms with E-state index in [4.69, 9.17) is 0 Å². The van der Waals surface area contributed by atoms with Crippen LogP contribution in [0.3, 0.4) is 0 Å². The Morgan fingerprint density at radius 1 is 1.06 bits per heavy atom. The lowest BCUT2D eigenvalue weighted by molar-refractivity contribution is -0.139. The van der Waals surface area contributed by atoms with Gasteiger partial charge in [-0.1, -0.05) is 76.6 Å². The van der Waals surface area contributed by atoms with Gasteiger partial charge in [0.15, 0.2) is 0 Å².